The molecule has 100 valence electrons. The van der Waals surface area contributed by atoms with Crippen LogP contribution in [0.4, 0.5) is 0 Å². The fourth-order valence-corrected chi connectivity index (χ4v) is 1.93. The van der Waals surface area contributed by atoms with Crippen molar-refractivity contribution in [1.82, 2.24) is 10.2 Å². The lowest BCUT2D eigenvalue weighted by molar-refractivity contribution is -0.140. The van der Waals surface area contributed by atoms with Gasteiger partial charge in [-0.1, -0.05) is 6.92 Å². The van der Waals surface area contributed by atoms with Gasteiger partial charge in [0.1, 0.15) is 5.60 Å². The molecule has 1 aliphatic rings. The number of hydrogen-bond acceptors (Lipinski definition) is 3. The van der Waals surface area contributed by atoms with Crippen molar-refractivity contribution in [2.45, 2.75) is 39.2 Å². The summed E-state index contributed by atoms with van der Waals surface area (Å²) in [7, 11) is 3.71. The van der Waals surface area contributed by atoms with Gasteiger partial charge in [0, 0.05) is 13.7 Å². The van der Waals surface area contributed by atoms with Gasteiger partial charge >= 0.3 is 0 Å². The third kappa shape index (κ3) is 3.96. The molecule has 0 aromatic heterocycles. The number of amides is 1. The fraction of sp³-hybridized carbons (Fsp3) is 0.923. The van der Waals surface area contributed by atoms with E-state index in [0.717, 1.165) is 32.5 Å². The second kappa shape index (κ2) is 5.36. The monoisotopic (exact) mass is 242 g/mol. The normalized spacial score (nSPS) is 21.2. The third-order valence-electron chi connectivity index (χ3n) is 3.93. The van der Waals surface area contributed by atoms with Gasteiger partial charge in [-0.05, 0) is 52.2 Å². The Morgan fingerprint density at radius 1 is 1.41 bits per heavy atom. The molecule has 0 aromatic rings. The highest BCUT2D eigenvalue weighted by Gasteiger charge is 2.32. The van der Waals surface area contributed by atoms with E-state index in [4.69, 9.17) is 4.74 Å². The summed E-state index contributed by atoms with van der Waals surface area (Å²) in [6, 6.07) is 0. The van der Waals surface area contributed by atoms with Gasteiger partial charge in [-0.15, -0.1) is 0 Å². The molecule has 0 aromatic carbocycles. The fourth-order valence-electron chi connectivity index (χ4n) is 1.93. The Morgan fingerprint density at radius 3 is 2.41 bits per heavy atom. The second-order valence-electron chi connectivity index (χ2n) is 6.01. The Bertz CT molecular complexity index is 269. The van der Waals surface area contributed by atoms with Crippen LogP contribution >= 0.6 is 0 Å². The molecule has 0 atom stereocenters. The molecular weight excluding hydrogens is 216 g/mol. The Morgan fingerprint density at radius 2 is 1.94 bits per heavy atom. The lowest BCUT2D eigenvalue weighted by Crippen LogP contribution is -2.49. The molecular formula is C13H26N2O2. The highest BCUT2D eigenvalue weighted by atomic mass is 16.5. The van der Waals surface area contributed by atoms with Gasteiger partial charge in [0.2, 0.25) is 0 Å². The number of ether oxygens (including phenoxy) is 1. The van der Waals surface area contributed by atoms with Crippen molar-refractivity contribution in [2.75, 3.05) is 33.8 Å². The van der Waals surface area contributed by atoms with Crippen molar-refractivity contribution in [3.8, 4) is 0 Å². The van der Waals surface area contributed by atoms with E-state index in [0.29, 0.717) is 0 Å². The maximum absolute atomic E-state index is 11.9. The van der Waals surface area contributed by atoms with Gasteiger partial charge < -0.3 is 15.0 Å². The largest absolute Gasteiger partial charge is 0.369 e. The number of carbonyl (C=O) groups is 1. The molecule has 1 heterocycles. The van der Waals surface area contributed by atoms with Crippen LogP contribution < -0.4 is 5.32 Å². The van der Waals surface area contributed by atoms with Crippen molar-refractivity contribution in [2.24, 2.45) is 5.41 Å². The second-order valence-corrected chi connectivity index (χ2v) is 6.01. The molecule has 17 heavy (non-hydrogen) atoms. The zero-order valence-corrected chi connectivity index (χ0v) is 11.8. The first-order valence-corrected chi connectivity index (χ1v) is 6.31. The van der Waals surface area contributed by atoms with E-state index in [9.17, 15) is 4.79 Å². The molecule has 4 nitrogen and oxygen atoms in total. The summed E-state index contributed by atoms with van der Waals surface area (Å²) in [6.07, 6.45) is 2.27. The van der Waals surface area contributed by atoms with Crippen LogP contribution in [0, 0.1) is 5.41 Å². The van der Waals surface area contributed by atoms with E-state index in [1.165, 1.54) is 0 Å². The van der Waals surface area contributed by atoms with Crippen LogP contribution in [0.3, 0.4) is 0 Å². The van der Waals surface area contributed by atoms with Crippen LogP contribution in [0.5, 0.6) is 0 Å². The Labute approximate surface area is 105 Å². The molecule has 4 heteroatoms. The van der Waals surface area contributed by atoms with Crippen LogP contribution in [0.15, 0.2) is 0 Å². The summed E-state index contributed by atoms with van der Waals surface area (Å²) in [4.78, 5) is 14.2. The van der Waals surface area contributed by atoms with Crippen LogP contribution in [-0.4, -0.2) is 50.2 Å². The number of carbonyl (C=O) groups excluding carboxylic acids is 1. The summed E-state index contributed by atoms with van der Waals surface area (Å²) >= 11 is 0. The SMILES string of the molecule is COC(C)(C)C(=O)NCC1(C)CCN(C)CC1. The van der Waals surface area contributed by atoms with Gasteiger partial charge in [-0.2, -0.15) is 0 Å². The van der Waals surface area contributed by atoms with E-state index in [1.807, 2.05) is 0 Å². The first-order valence-electron chi connectivity index (χ1n) is 6.31. The molecule has 1 rings (SSSR count). The Kier molecular flexibility index (Phi) is 4.55. The molecule has 1 N–H and O–H groups in total. The standard InChI is InChI=1S/C13H26N2O2/c1-12(2,17-5)11(16)14-10-13(3)6-8-15(4)9-7-13/h6-10H2,1-5H3,(H,14,16). The number of likely N-dealkylation sites (tertiary alicyclic amines) is 1. The predicted octanol–water partition coefficient (Wildman–Crippen LogP) is 1.26. The minimum absolute atomic E-state index is 0.0276. The van der Waals surface area contributed by atoms with E-state index in [2.05, 4.69) is 24.2 Å². The van der Waals surface area contributed by atoms with Crippen LogP contribution in [0.1, 0.15) is 33.6 Å². The maximum Gasteiger partial charge on any atom is 0.251 e. The number of rotatable bonds is 4. The van der Waals surface area contributed by atoms with Gasteiger partial charge in [0.05, 0.1) is 0 Å². The average Bonchev–Trinajstić information content (AvgIpc) is 2.30. The maximum atomic E-state index is 11.9. The Hall–Kier alpha value is -0.610. The molecule has 0 bridgehead atoms. The van der Waals surface area contributed by atoms with Gasteiger partial charge in [-0.25, -0.2) is 0 Å². The molecule has 0 saturated carbocycles. The van der Waals surface area contributed by atoms with E-state index in [1.54, 1.807) is 21.0 Å². The average molecular weight is 242 g/mol. The zero-order chi connectivity index (χ0) is 13.1. The van der Waals surface area contributed by atoms with Crippen molar-refractivity contribution in [1.29, 1.82) is 0 Å². The number of nitrogens with one attached hydrogen (secondary N) is 1. The highest BCUT2D eigenvalue weighted by molar-refractivity contribution is 5.84. The van der Waals surface area contributed by atoms with Crippen molar-refractivity contribution in [3.63, 3.8) is 0 Å². The van der Waals surface area contributed by atoms with Crippen molar-refractivity contribution in [3.05, 3.63) is 0 Å². The molecule has 0 aliphatic carbocycles. The van der Waals surface area contributed by atoms with Crippen LogP contribution in [-0.2, 0) is 9.53 Å². The number of hydrogen-bond donors (Lipinski definition) is 1. The smallest absolute Gasteiger partial charge is 0.251 e. The quantitative estimate of drug-likeness (QED) is 0.807. The lowest BCUT2D eigenvalue weighted by Gasteiger charge is -2.38. The number of piperidine rings is 1. The predicted molar refractivity (Wildman–Crippen MR) is 68.9 cm³/mol. The van der Waals surface area contributed by atoms with Crippen molar-refractivity contribution >= 4 is 5.91 Å². The first kappa shape index (κ1) is 14.5. The lowest BCUT2D eigenvalue weighted by atomic mass is 9.80. The van der Waals surface area contributed by atoms with E-state index in [-0.39, 0.29) is 11.3 Å². The number of methoxy groups -OCH3 is 1. The molecule has 0 unspecified atom stereocenters. The summed E-state index contributed by atoms with van der Waals surface area (Å²) in [5, 5.41) is 3.02. The number of nitrogens with zero attached hydrogens (tertiary/aromatic N) is 1. The molecule has 1 fully saturated rings. The Balaban J connectivity index is 2.42. The van der Waals surface area contributed by atoms with E-state index >= 15 is 0 Å². The molecule has 1 aliphatic heterocycles. The zero-order valence-electron chi connectivity index (χ0n) is 11.8. The summed E-state index contributed by atoms with van der Waals surface area (Å²) < 4.78 is 5.17. The topological polar surface area (TPSA) is 41.6 Å². The van der Waals surface area contributed by atoms with Crippen LogP contribution in [0.2, 0.25) is 0 Å². The van der Waals surface area contributed by atoms with Gasteiger partial charge in [0.25, 0.3) is 5.91 Å². The van der Waals surface area contributed by atoms with E-state index < -0.39 is 5.60 Å². The molecule has 1 saturated heterocycles. The minimum atomic E-state index is -0.734. The highest BCUT2D eigenvalue weighted by Crippen LogP contribution is 2.29. The van der Waals surface area contributed by atoms with Gasteiger partial charge in [0.15, 0.2) is 0 Å². The molecule has 0 radical (unpaired) electrons. The molecule has 1 amide bonds. The summed E-state index contributed by atoms with van der Waals surface area (Å²) in [6.45, 7) is 8.80. The summed E-state index contributed by atoms with van der Waals surface area (Å²) in [5.74, 6) is -0.0276. The van der Waals surface area contributed by atoms with Gasteiger partial charge in [-0.3, -0.25) is 4.79 Å². The van der Waals surface area contributed by atoms with Crippen molar-refractivity contribution < 1.29 is 9.53 Å². The summed E-state index contributed by atoms with van der Waals surface area (Å²) in [5.41, 5.74) is -0.506. The van der Waals surface area contributed by atoms with Crippen LogP contribution in [0.25, 0.3) is 0 Å². The molecule has 0 spiro atoms. The minimum Gasteiger partial charge on any atom is -0.369 e. The first-order chi connectivity index (χ1) is 7.79. The third-order valence-corrected chi connectivity index (χ3v) is 3.93.